The Bertz CT molecular complexity index is 974. The van der Waals surface area contributed by atoms with E-state index < -0.39 is 5.82 Å². The molecule has 1 aliphatic heterocycles. The number of amides is 1. The van der Waals surface area contributed by atoms with E-state index in [1.807, 2.05) is 6.07 Å². The van der Waals surface area contributed by atoms with Gasteiger partial charge in [0.05, 0.1) is 11.8 Å². The maximum absolute atomic E-state index is 14.4. The monoisotopic (exact) mass is 355 g/mol. The van der Waals surface area contributed by atoms with Crippen molar-refractivity contribution in [2.45, 2.75) is 25.7 Å². The molecule has 6 heteroatoms. The molecule has 0 atom stereocenters. The van der Waals surface area contributed by atoms with E-state index in [0.29, 0.717) is 37.1 Å². The van der Waals surface area contributed by atoms with Crippen molar-refractivity contribution >= 4 is 16.9 Å². The number of aromatic amines is 1. The van der Waals surface area contributed by atoms with Crippen LogP contribution in [0.5, 0.6) is 0 Å². The largest absolute Gasteiger partial charge is 0.346 e. The van der Waals surface area contributed by atoms with Crippen LogP contribution >= 0.6 is 0 Å². The number of halogens is 2. The number of likely N-dealkylation sites (tertiary alicyclic amines) is 1. The predicted molar refractivity (Wildman–Crippen MR) is 95.1 cm³/mol. The van der Waals surface area contributed by atoms with Gasteiger partial charge in [-0.1, -0.05) is 6.07 Å². The number of carbonyl (C=O) groups excluding carboxylic acids is 1. The smallest absolute Gasteiger partial charge is 0.256 e. The van der Waals surface area contributed by atoms with Gasteiger partial charge in [0.1, 0.15) is 17.3 Å². The molecular formula is C20H19F2N3O. The molecule has 2 aromatic heterocycles. The Kier molecular flexibility index (Phi) is 4.18. The average Bonchev–Trinajstić information content (AvgIpc) is 3.10. The Balaban J connectivity index is 1.53. The Morgan fingerprint density at radius 1 is 1.19 bits per heavy atom. The number of benzene rings is 1. The maximum Gasteiger partial charge on any atom is 0.256 e. The van der Waals surface area contributed by atoms with Crippen molar-refractivity contribution in [3.8, 4) is 0 Å². The molecule has 0 aliphatic carbocycles. The van der Waals surface area contributed by atoms with Crippen molar-refractivity contribution in [2.75, 3.05) is 13.1 Å². The number of fused-ring (bicyclic) bond motifs is 1. The van der Waals surface area contributed by atoms with Gasteiger partial charge < -0.3 is 9.88 Å². The summed E-state index contributed by atoms with van der Waals surface area (Å²) >= 11 is 0. The van der Waals surface area contributed by atoms with E-state index in [1.165, 1.54) is 18.3 Å². The summed E-state index contributed by atoms with van der Waals surface area (Å²) in [6, 6.07) is 6.47. The minimum absolute atomic E-state index is 0.0169. The van der Waals surface area contributed by atoms with E-state index in [1.54, 1.807) is 24.1 Å². The molecule has 134 valence electrons. The molecule has 26 heavy (non-hydrogen) atoms. The molecule has 1 N–H and O–H groups in total. The van der Waals surface area contributed by atoms with Crippen LogP contribution in [0.25, 0.3) is 11.0 Å². The normalized spacial score (nSPS) is 15.6. The summed E-state index contributed by atoms with van der Waals surface area (Å²) in [6.45, 7) is 2.74. The lowest BCUT2D eigenvalue weighted by atomic mass is 9.87. The van der Waals surface area contributed by atoms with E-state index in [4.69, 9.17) is 0 Å². The van der Waals surface area contributed by atoms with Crippen LogP contribution in [0.15, 0.2) is 36.7 Å². The first kappa shape index (κ1) is 16.7. The van der Waals surface area contributed by atoms with Crippen molar-refractivity contribution in [3.63, 3.8) is 0 Å². The van der Waals surface area contributed by atoms with Gasteiger partial charge in [-0.05, 0) is 49.4 Å². The lowest BCUT2D eigenvalue weighted by Gasteiger charge is -2.32. The van der Waals surface area contributed by atoms with Gasteiger partial charge in [0.2, 0.25) is 0 Å². The van der Waals surface area contributed by atoms with Gasteiger partial charge in [-0.2, -0.15) is 0 Å². The van der Waals surface area contributed by atoms with Crippen molar-refractivity contribution in [3.05, 3.63) is 65.0 Å². The van der Waals surface area contributed by atoms with E-state index in [0.717, 1.165) is 10.9 Å². The minimum atomic E-state index is -0.494. The number of piperidine rings is 1. The van der Waals surface area contributed by atoms with E-state index in [9.17, 15) is 13.6 Å². The fourth-order valence-electron chi connectivity index (χ4n) is 3.75. The van der Waals surface area contributed by atoms with Gasteiger partial charge in [-0.25, -0.2) is 13.8 Å². The summed E-state index contributed by atoms with van der Waals surface area (Å²) in [7, 11) is 0. The van der Waals surface area contributed by atoms with Gasteiger partial charge in [0.15, 0.2) is 0 Å². The topological polar surface area (TPSA) is 49.0 Å². The zero-order chi connectivity index (χ0) is 18.3. The molecule has 1 aliphatic rings. The molecule has 3 aromatic rings. The molecule has 0 spiro atoms. The van der Waals surface area contributed by atoms with Crippen molar-refractivity contribution in [1.29, 1.82) is 0 Å². The van der Waals surface area contributed by atoms with Crippen LogP contribution in [-0.4, -0.2) is 33.9 Å². The average molecular weight is 355 g/mol. The second-order valence-corrected chi connectivity index (χ2v) is 6.81. The highest BCUT2D eigenvalue weighted by atomic mass is 19.1. The molecule has 4 nitrogen and oxygen atoms in total. The van der Waals surface area contributed by atoms with E-state index >= 15 is 0 Å². The van der Waals surface area contributed by atoms with Gasteiger partial charge >= 0.3 is 0 Å². The molecule has 3 heterocycles. The fourth-order valence-corrected chi connectivity index (χ4v) is 3.75. The van der Waals surface area contributed by atoms with Gasteiger partial charge in [0, 0.05) is 30.2 Å². The number of carbonyl (C=O) groups is 1. The SMILES string of the molecule is Cc1ccc(C(=O)N2CCC(c3c(F)cnc4[nH]ccc34)CC2)c(F)c1. The number of aromatic nitrogens is 2. The zero-order valence-electron chi connectivity index (χ0n) is 14.4. The molecule has 0 unspecified atom stereocenters. The number of nitrogens with one attached hydrogen (secondary N) is 1. The number of rotatable bonds is 2. The first-order valence-electron chi connectivity index (χ1n) is 8.71. The van der Waals surface area contributed by atoms with E-state index in [-0.39, 0.29) is 23.2 Å². The maximum atomic E-state index is 14.4. The number of H-pyrrole nitrogens is 1. The number of hydrogen-bond donors (Lipinski definition) is 1. The second-order valence-electron chi connectivity index (χ2n) is 6.81. The Labute approximate surface area is 149 Å². The predicted octanol–water partition coefficient (Wildman–Crippen LogP) is 4.17. The summed E-state index contributed by atoms with van der Waals surface area (Å²) in [5.41, 5.74) is 2.20. The van der Waals surface area contributed by atoms with Crippen LogP contribution in [0.4, 0.5) is 8.78 Å². The quantitative estimate of drug-likeness (QED) is 0.750. The lowest BCUT2D eigenvalue weighted by molar-refractivity contribution is 0.0708. The summed E-state index contributed by atoms with van der Waals surface area (Å²) in [5, 5.41) is 0.791. The fraction of sp³-hybridized carbons (Fsp3) is 0.300. The number of pyridine rings is 1. The first-order chi connectivity index (χ1) is 12.5. The van der Waals surface area contributed by atoms with Crippen molar-refractivity contribution in [1.82, 2.24) is 14.9 Å². The second kappa shape index (κ2) is 6.52. The highest BCUT2D eigenvalue weighted by Gasteiger charge is 2.28. The number of aryl methyl sites for hydroxylation is 1. The standard InChI is InChI=1S/C20H19F2N3O/c1-12-2-3-14(16(21)10-12)20(26)25-8-5-13(6-9-25)18-15-4-7-23-19(15)24-11-17(18)22/h2-4,7,10-11,13H,5-6,8-9H2,1H3,(H,23,24). The Hall–Kier alpha value is -2.76. The molecule has 1 aromatic carbocycles. The molecule has 0 saturated carbocycles. The van der Waals surface area contributed by atoms with Crippen LogP contribution in [-0.2, 0) is 0 Å². The van der Waals surface area contributed by atoms with Crippen molar-refractivity contribution < 1.29 is 13.6 Å². The summed E-state index contributed by atoms with van der Waals surface area (Å²) in [4.78, 5) is 21.3. The zero-order valence-corrected chi connectivity index (χ0v) is 14.4. The molecule has 1 amide bonds. The molecule has 0 radical (unpaired) electrons. The summed E-state index contributed by atoms with van der Waals surface area (Å²) in [5.74, 6) is -1.09. The third-order valence-electron chi connectivity index (χ3n) is 5.13. The van der Waals surface area contributed by atoms with Gasteiger partial charge in [-0.3, -0.25) is 4.79 Å². The highest BCUT2D eigenvalue weighted by Crippen LogP contribution is 2.34. The van der Waals surface area contributed by atoms with Crippen LogP contribution in [0.2, 0.25) is 0 Å². The highest BCUT2D eigenvalue weighted by molar-refractivity contribution is 5.94. The van der Waals surface area contributed by atoms with Crippen molar-refractivity contribution in [2.24, 2.45) is 0 Å². The van der Waals surface area contributed by atoms with Crippen LogP contribution in [0.1, 0.15) is 40.2 Å². The van der Waals surface area contributed by atoms with Gasteiger partial charge in [0.25, 0.3) is 5.91 Å². The lowest BCUT2D eigenvalue weighted by Crippen LogP contribution is -2.38. The summed E-state index contributed by atoms with van der Waals surface area (Å²) in [6.07, 6.45) is 4.27. The third-order valence-corrected chi connectivity index (χ3v) is 5.13. The van der Waals surface area contributed by atoms with Crippen LogP contribution in [0, 0.1) is 18.6 Å². The van der Waals surface area contributed by atoms with Crippen LogP contribution < -0.4 is 0 Å². The number of nitrogens with zero attached hydrogens (tertiary/aromatic N) is 2. The first-order valence-corrected chi connectivity index (χ1v) is 8.71. The molecule has 1 fully saturated rings. The molecule has 0 bridgehead atoms. The Morgan fingerprint density at radius 3 is 2.69 bits per heavy atom. The molecular weight excluding hydrogens is 336 g/mol. The van der Waals surface area contributed by atoms with E-state index in [2.05, 4.69) is 9.97 Å². The molecule has 1 saturated heterocycles. The molecule has 4 rings (SSSR count). The summed E-state index contributed by atoms with van der Waals surface area (Å²) < 4.78 is 28.5. The minimum Gasteiger partial charge on any atom is -0.346 e. The number of hydrogen-bond acceptors (Lipinski definition) is 2. The van der Waals surface area contributed by atoms with Crippen LogP contribution in [0.3, 0.4) is 0 Å². The third kappa shape index (κ3) is 2.85. The van der Waals surface area contributed by atoms with Gasteiger partial charge in [-0.15, -0.1) is 0 Å². The Morgan fingerprint density at radius 2 is 1.96 bits per heavy atom.